The number of nitrogens with zero attached hydrogens (tertiary/aromatic N) is 3. The number of aromatic nitrogens is 3. The van der Waals surface area contributed by atoms with Crippen LogP contribution in [-0.2, 0) is 11.3 Å². The van der Waals surface area contributed by atoms with E-state index in [9.17, 15) is 4.79 Å². The second-order valence-electron chi connectivity index (χ2n) is 9.39. The van der Waals surface area contributed by atoms with Crippen molar-refractivity contribution in [2.75, 3.05) is 24.9 Å². The van der Waals surface area contributed by atoms with E-state index in [1.807, 2.05) is 70.2 Å². The van der Waals surface area contributed by atoms with E-state index in [-0.39, 0.29) is 11.7 Å². The van der Waals surface area contributed by atoms with E-state index in [0.29, 0.717) is 34.2 Å². The molecule has 37 heavy (non-hydrogen) atoms. The molecule has 0 saturated carbocycles. The van der Waals surface area contributed by atoms with Gasteiger partial charge in [0.05, 0.1) is 41.2 Å². The Labute approximate surface area is 220 Å². The molecule has 10 heteroatoms. The molecule has 0 aliphatic heterocycles. The molecule has 0 fully saturated rings. The fourth-order valence-electron chi connectivity index (χ4n) is 3.63. The summed E-state index contributed by atoms with van der Waals surface area (Å²) >= 11 is 1.41. The largest absolute Gasteiger partial charge is 0.493 e. The average Bonchev–Trinajstić information content (AvgIpc) is 3.29. The van der Waals surface area contributed by atoms with Crippen molar-refractivity contribution in [2.24, 2.45) is 0 Å². The first-order valence-corrected chi connectivity index (χ1v) is 12.7. The molecule has 4 aromatic rings. The minimum Gasteiger partial charge on any atom is -0.493 e. The third kappa shape index (κ3) is 6.45. The van der Waals surface area contributed by atoms with Crippen molar-refractivity contribution in [3.05, 3.63) is 65.6 Å². The highest BCUT2D eigenvalue weighted by Crippen LogP contribution is 2.34. The number of carbonyl (C=O) groups excluding carboxylic acids is 1. The summed E-state index contributed by atoms with van der Waals surface area (Å²) < 4.78 is 17.0. The maximum absolute atomic E-state index is 13.1. The minimum atomic E-state index is -0.658. The Morgan fingerprint density at radius 1 is 1.05 bits per heavy atom. The van der Waals surface area contributed by atoms with Gasteiger partial charge in [0.25, 0.3) is 0 Å². The van der Waals surface area contributed by atoms with Gasteiger partial charge in [-0.05, 0) is 63.6 Å². The van der Waals surface area contributed by atoms with E-state index in [4.69, 9.17) is 14.2 Å². The highest BCUT2D eigenvalue weighted by molar-refractivity contribution is 7.23. The second kappa shape index (κ2) is 11.0. The number of benzene rings is 1. The second-order valence-corrected chi connectivity index (χ2v) is 10.4. The Morgan fingerprint density at radius 2 is 1.84 bits per heavy atom. The van der Waals surface area contributed by atoms with Crippen molar-refractivity contribution in [2.45, 2.75) is 45.9 Å². The van der Waals surface area contributed by atoms with Crippen LogP contribution in [0.15, 0.2) is 48.7 Å². The number of hydrogen-bond acceptors (Lipinski definition) is 10. The van der Waals surface area contributed by atoms with Gasteiger partial charge in [-0.15, -0.1) is 11.3 Å². The van der Waals surface area contributed by atoms with Crippen molar-refractivity contribution in [3.63, 3.8) is 0 Å². The predicted octanol–water partition coefficient (Wildman–Crippen LogP) is 5.84. The third-order valence-electron chi connectivity index (χ3n) is 5.36. The van der Waals surface area contributed by atoms with E-state index >= 15 is 0 Å². The van der Waals surface area contributed by atoms with E-state index < -0.39 is 11.6 Å². The monoisotopic (exact) mass is 521 g/mol. The third-order valence-corrected chi connectivity index (χ3v) is 6.44. The Bertz CT molecular complexity index is 1390. The summed E-state index contributed by atoms with van der Waals surface area (Å²) in [7, 11) is 3.22. The van der Waals surface area contributed by atoms with Gasteiger partial charge < -0.3 is 24.8 Å². The molecule has 194 valence electrons. The van der Waals surface area contributed by atoms with Crippen molar-refractivity contribution in [3.8, 4) is 11.5 Å². The van der Waals surface area contributed by atoms with Crippen LogP contribution in [0.4, 0.5) is 10.9 Å². The Balaban J connectivity index is 1.63. The van der Waals surface area contributed by atoms with Crippen LogP contribution < -0.4 is 20.1 Å². The fraction of sp³-hybridized carbons (Fsp3) is 0.333. The number of carbonyl (C=O) groups is 1. The smallest absolute Gasteiger partial charge is 0.359 e. The topological polar surface area (TPSA) is 107 Å². The van der Waals surface area contributed by atoms with Crippen LogP contribution in [0, 0.1) is 0 Å². The molecule has 0 radical (unpaired) electrons. The van der Waals surface area contributed by atoms with Crippen LogP contribution in [-0.4, -0.2) is 40.7 Å². The first-order chi connectivity index (χ1) is 17.7. The molecule has 0 bridgehead atoms. The van der Waals surface area contributed by atoms with Gasteiger partial charge in [0, 0.05) is 12.7 Å². The summed E-state index contributed by atoms with van der Waals surface area (Å²) in [6, 6.07) is 13.2. The van der Waals surface area contributed by atoms with Crippen LogP contribution in [0.3, 0.4) is 0 Å². The molecule has 3 heterocycles. The highest BCUT2D eigenvalue weighted by Gasteiger charge is 2.24. The zero-order chi connectivity index (χ0) is 26.6. The van der Waals surface area contributed by atoms with Crippen molar-refractivity contribution in [1.29, 1.82) is 0 Å². The van der Waals surface area contributed by atoms with Crippen LogP contribution in [0.1, 0.15) is 55.5 Å². The average molecular weight is 522 g/mol. The van der Waals surface area contributed by atoms with E-state index in [0.717, 1.165) is 16.3 Å². The minimum absolute atomic E-state index is 0.161. The molecule has 4 rings (SSSR count). The summed E-state index contributed by atoms with van der Waals surface area (Å²) in [6.07, 6.45) is 1.74. The van der Waals surface area contributed by atoms with Gasteiger partial charge in [0.2, 0.25) is 5.95 Å². The zero-order valence-electron chi connectivity index (χ0n) is 21.8. The first-order valence-electron chi connectivity index (χ1n) is 11.8. The van der Waals surface area contributed by atoms with Gasteiger partial charge in [-0.25, -0.2) is 14.8 Å². The SMILES string of the molecule is COc1ccc(CNc2cc3nc(N[C@@H](C)c4ccccn4)nc(C(=O)OC(C)(C)C)c3s2)cc1OC. The molecule has 0 aliphatic rings. The maximum atomic E-state index is 13.1. The normalized spacial score (nSPS) is 12.2. The molecule has 2 N–H and O–H groups in total. The summed E-state index contributed by atoms with van der Waals surface area (Å²) in [5, 5.41) is 7.52. The van der Waals surface area contributed by atoms with Gasteiger partial charge in [-0.1, -0.05) is 12.1 Å². The quantitative estimate of drug-likeness (QED) is 0.262. The number of ether oxygens (including phenoxy) is 3. The zero-order valence-corrected chi connectivity index (χ0v) is 22.6. The van der Waals surface area contributed by atoms with Crippen molar-refractivity contribution >= 4 is 38.5 Å². The number of methoxy groups -OCH3 is 2. The summed E-state index contributed by atoms with van der Waals surface area (Å²) in [5.74, 6) is 1.16. The number of thiophene rings is 1. The molecular formula is C27H31N5O4S. The Hall–Kier alpha value is -3.92. The number of fused-ring (bicyclic) bond motifs is 1. The van der Waals surface area contributed by atoms with E-state index in [1.54, 1.807) is 20.4 Å². The molecule has 0 amide bonds. The lowest BCUT2D eigenvalue weighted by Gasteiger charge is -2.19. The number of pyridine rings is 1. The van der Waals surface area contributed by atoms with E-state index in [2.05, 4.69) is 25.6 Å². The summed E-state index contributed by atoms with van der Waals surface area (Å²) in [4.78, 5) is 26.7. The lowest BCUT2D eigenvalue weighted by molar-refractivity contribution is 0.00655. The number of anilines is 2. The number of esters is 1. The standard InChI is InChI=1S/C27H31N5O4S/c1-16(18-9-7-8-12-28-18)30-26-31-19-14-22(29-15-17-10-11-20(34-5)21(13-17)35-6)37-24(19)23(32-26)25(33)36-27(2,3)4/h7-14,16,29H,15H2,1-6H3,(H,30,31,32)/t16-/m0/s1. The number of rotatable bonds is 9. The summed E-state index contributed by atoms with van der Waals surface area (Å²) in [5.41, 5.74) is 2.06. The Morgan fingerprint density at radius 3 is 2.51 bits per heavy atom. The van der Waals surface area contributed by atoms with Crippen LogP contribution in [0.25, 0.3) is 10.2 Å². The van der Waals surface area contributed by atoms with Crippen LogP contribution in [0.2, 0.25) is 0 Å². The van der Waals surface area contributed by atoms with Gasteiger partial charge in [-0.2, -0.15) is 0 Å². The van der Waals surface area contributed by atoms with E-state index in [1.165, 1.54) is 11.3 Å². The van der Waals surface area contributed by atoms with Crippen LogP contribution >= 0.6 is 11.3 Å². The molecule has 3 aromatic heterocycles. The molecule has 1 aromatic carbocycles. The molecule has 1 atom stereocenters. The van der Waals surface area contributed by atoms with Gasteiger partial charge in [0.15, 0.2) is 17.2 Å². The number of hydrogen-bond donors (Lipinski definition) is 2. The van der Waals surface area contributed by atoms with Crippen molar-refractivity contribution in [1.82, 2.24) is 15.0 Å². The fourth-order valence-corrected chi connectivity index (χ4v) is 4.60. The molecule has 0 unspecified atom stereocenters. The highest BCUT2D eigenvalue weighted by atomic mass is 32.1. The van der Waals surface area contributed by atoms with Gasteiger partial charge in [0.1, 0.15) is 5.60 Å². The number of nitrogens with one attached hydrogen (secondary N) is 2. The molecule has 9 nitrogen and oxygen atoms in total. The lowest BCUT2D eigenvalue weighted by atomic mass is 10.2. The molecule has 0 aliphatic carbocycles. The molecule has 0 spiro atoms. The van der Waals surface area contributed by atoms with Gasteiger partial charge in [-0.3, -0.25) is 4.98 Å². The predicted molar refractivity (Wildman–Crippen MR) is 146 cm³/mol. The van der Waals surface area contributed by atoms with Gasteiger partial charge >= 0.3 is 5.97 Å². The molecular weight excluding hydrogens is 490 g/mol. The summed E-state index contributed by atoms with van der Waals surface area (Å²) in [6.45, 7) is 8.00. The van der Waals surface area contributed by atoms with Crippen molar-refractivity contribution < 1.29 is 19.0 Å². The maximum Gasteiger partial charge on any atom is 0.359 e. The first kappa shape index (κ1) is 26.2. The molecule has 0 saturated heterocycles. The lowest BCUT2D eigenvalue weighted by Crippen LogP contribution is -2.25. The Kier molecular flexibility index (Phi) is 7.77. The van der Waals surface area contributed by atoms with Crippen LogP contribution in [0.5, 0.6) is 11.5 Å².